The Balaban J connectivity index is 3.13. The molecule has 1 N–H and O–H groups in total. The second-order valence-corrected chi connectivity index (χ2v) is 7.69. The van der Waals surface area contributed by atoms with E-state index in [2.05, 4.69) is 5.32 Å². The van der Waals surface area contributed by atoms with E-state index in [9.17, 15) is 8.42 Å². The van der Waals surface area contributed by atoms with Crippen molar-refractivity contribution in [3.63, 3.8) is 0 Å². The third-order valence-electron chi connectivity index (χ3n) is 3.61. The molecule has 0 amide bonds. The first-order chi connectivity index (χ1) is 9.21. The van der Waals surface area contributed by atoms with Crippen LogP contribution in [0.4, 0.5) is 0 Å². The Morgan fingerprint density at radius 2 is 1.90 bits per heavy atom. The van der Waals surface area contributed by atoms with Gasteiger partial charge in [-0.05, 0) is 37.6 Å². The molecule has 4 nitrogen and oxygen atoms in total. The second-order valence-electron chi connectivity index (χ2n) is 5.29. The van der Waals surface area contributed by atoms with Gasteiger partial charge in [0.25, 0.3) is 0 Å². The van der Waals surface area contributed by atoms with Crippen molar-refractivity contribution < 1.29 is 8.42 Å². The Morgan fingerprint density at radius 3 is 2.35 bits per heavy atom. The summed E-state index contributed by atoms with van der Waals surface area (Å²) in [6, 6.07) is 4.81. The molecular weight excluding hydrogens is 296 g/mol. The number of rotatable bonds is 6. The first-order valence-corrected chi connectivity index (χ1v) is 8.44. The quantitative estimate of drug-likeness (QED) is 0.877. The Morgan fingerprint density at radius 1 is 1.30 bits per heavy atom. The van der Waals surface area contributed by atoms with Crippen molar-refractivity contribution in [1.29, 1.82) is 0 Å². The lowest BCUT2D eigenvalue weighted by Gasteiger charge is -2.27. The fourth-order valence-corrected chi connectivity index (χ4v) is 3.66. The third kappa shape index (κ3) is 3.73. The summed E-state index contributed by atoms with van der Waals surface area (Å²) in [7, 11) is -0.0839. The molecule has 114 valence electrons. The average Bonchev–Trinajstić information content (AvgIpc) is 2.39. The van der Waals surface area contributed by atoms with Gasteiger partial charge in [0.1, 0.15) is 0 Å². The molecule has 20 heavy (non-hydrogen) atoms. The molecule has 0 saturated carbocycles. The molecule has 1 unspecified atom stereocenters. The Labute approximate surface area is 127 Å². The van der Waals surface area contributed by atoms with Gasteiger partial charge in [-0.3, -0.25) is 0 Å². The number of nitrogens with zero attached hydrogens (tertiary/aromatic N) is 1. The van der Waals surface area contributed by atoms with E-state index in [0.29, 0.717) is 11.6 Å². The van der Waals surface area contributed by atoms with Crippen molar-refractivity contribution in [3.8, 4) is 0 Å². The molecule has 1 atom stereocenters. The van der Waals surface area contributed by atoms with Crippen LogP contribution in [0.3, 0.4) is 0 Å². The van der Waals surface area contributed by atoms with Gasteiger partial charge in [0.2, 0.25) is 10.0 Å². The first-order valence-electron chi connectivity index (χ1n) is 6.62. The average molecular weight is 319 g/mol. The molecule has 6 heteroatoms. The second kappa shape index (κ2) is 6.89. The minimum atomic E-state index is -3.51. The van der Waals surface area contributed by atoms with Crippen LogP contribution < -0.4 is 5.32 Å². The van der Waals surface area contributed by atoms with Gasteiger partial charge in [0.05, 0.1) is 4.90 Å². The maximum atomic E-state index is 12.6. The van der Waals surface area contributed by atoms with Crippen LogP contribution in [0.5, 0.6) is 0 Å². The molecule has 0 heterocycles. The summed E-state index contributed by atoms with van der Waals surface area (Å²) in [5.41, 5.74) is 0.882. The van der Waals surface area contributed by atoms with Gasteiger partial charge in [-0.1, -0.05) is 31.5 Å². The van der Waals surface area contributed by atoms with Gasteiger partial charge in [-0.15, -0.1) is 0 Å². The molecule has 0 saturated heterocycles. The van der Waals surface area contributed by atoms with Gasteiger partial charge in [0, 0.05) is 24.7 Å². The van der Waals surface area contributed by atoms with E-state index in [-0.39, 0.29) is 16.9 Å². The van der Waals surface area contributed by atoms with Crippen LogP contribution in [0.1, 0.15) is 26.3 Å². The van der Waals surface area contributed by atoms with Crippen LogP contribution in [0, 0.1) is 5.92 Å². The Kier molecular flexibility index (Phi) is 6.01. The minimum Gasteiger partial charge on any atom is -0.316 e. The van der Waals surface area contributed by atoms with Gasteiger partial charge in [0.15, 0.2) is 0 Å². The number of benzene rings is 1. The highest BCUT2D eigenvalue weighted by atomic mass is 35.5. The van der Waals surface area contributed by atoms with Gasteiger partial charge in [-0.25, -0.2) is 8.42 Å². The molecule has 0 aliphatic heterocycles. The van der Waals surface area contributed by atoms with Crippen molar-refractivity contribution in [2.45, 2.75) is 38.3 Å². The third-order valence-corrected chi connectivity index (χ3v) is 5.90. The monoisotopic (exact) mass is 318 g/mol. The topological polar surface area (TPSA) is 49.4 Å². The summed E-state index contributed by atoms with van der Waals surface area (Å²) in [4.78, 5) is 0.234. The fourth-order valence-electron chi connectivity index (χ4n) is 1.83. The summed E-state index contributed by atoms with van der Waals surface area (Å²) in [6.07, 6.45) is 0. The predicted molar refractivity (Wildman–Crippen MR) is 83.5 cm³/mol. The van der Waals surface area contributed by atoms with E-state index in [1.165, 1.54) is 10.4 Å². The molecule has 0 radical (unpaired) electrons. The maximum absolute atomic E-state index is 12.6. The van der Waals surface area contributed by atoms with E-state index in [4.69, 9.17) is 11.6 Å². The van der Waals surface area contributed by atoms with Gasteiger partial charge in [-0.2, -0.15) is 4.31 Å². The number of nitrogens with one attached hydrogen (secondary N) is 1. The SMILES string of the molecule is CNCc1ccc(S(=O)(=O)N(C)C(C)C(C)C)cc1Cl. The van der Waals surface area contributed by atoms with Crippen molar-refractivity contribution >= 4 is 21.6 Å². The van der Waals surface area contributed by atoms with E-state index in [0.717, 1.165) is 5.56 Å². The zero-order chi connectivity index (χ0) is 15.5. The molecular formula is C14H23ClN2O2S. The van der Waals surface area contributed by atoms with Crippen molar-refractivity contribution in [2.75, 3.05) is 14.1 Å². The highest BCUT2D eigenvalue weighted by Gasteiger charge is 2.27. The van der Waals surface area contributed by atoms with Gasteiger partial charge < -0.3 is 5.32 Å². The smallest absolute Gasteiger partial charge is 0.243 e. The van der Waals surface area contributed by atoms with E-state index in [1.807, 2.05) is 27.8 Å². The summed E-state index contributed by atoms with van der Waals surface area (Å²) >= 11 is 6.14. The molecule has 1 rings (SSSR count). The Bertz CT molecular complexity index is 558. The van der Waals surface area contributed by atoms with E-state index in [1.54, 1.807) is 19.2 Å². The molecule has 0 fully saturated rings. The largest absolute Gasteiger partial charge is 0.316 e. The van der Waals surface area contributed by atoms with Crippen LogP contribution in [-0.2, 0) is 16.6 Å². The molecule has 1 aromatic rings. The van der Waals surface area contributed by atoms with Crippen molar-refractivity contribution in [2.24, 2.45) is 5.92 Å². The summed E-state index contributed by atoms with van der Waals surface area (Å²) < 4.78 is 26.5. The van der Waals surface area contributed by atoms with Crippen LogP contribution >= 0.6 is 11.6 Å². The van der Waals surface area contributed by atoms with Crippen LogP contribution in [0.15, 0.2) is 23.1 Å². The van der Waals surface area contributed by atoms with Crippen LogP contribution in [0.25, 0.3) is 0 Å². The van der Waals surface area contributed by atoms with Crippen LogP contribution in [-0.4, -0.2) is 32.9 Å². The standard InChI is InChI=1S/C14H23ClN2O2S/c1-10(2)11(3)17(5)20(18,19)13-7-6-12(9-16-4)14(15)8-13/h6-8,10-11,16H,9H2,1-5H3. The molecule has 0 aromatic heterocycles. The molecule has 0 aliphatic carbocycles. The van der Waals surface area contributed by atoms with Gasteiger partial charge >= 0.3 is 0 Å². The van der Waals surface area contributed by atoms with Crippen LogP contribution in [0.2, 0.25) is 5.02 Å². The summed E-state index contributed by atoms with van der Waals surface area (Å²) in [5.74, 6) is 0.244. The zero-order valence-corrected chi connectivity index (χ0v) is 14.2. The lowest BCUT2D eigenvalue weighted by molar-refractivity contribution is 0.316. The number of hydrogen-bond acceptors (Lipinski definition) is 3. The highest BCUT2D eigenvalue weighted by molar-refractivity contribution is 7.89. The number of sulfonamides is 1. The zero-order valence-electron chi connectivity index (χ0n) is 12.6. The summed E-state index contributed by atoms with van der Waals surface area (Å²) in [6.45, 7) is 6.51. The highest BCUT2D eigenvalue weighted by Crippen LogP contribution is 2.25. The van der Waals surface area contributed by atoms with E-state index >= 15 is 0 Å². The molecule has 0 spiro atoms. The predicted octanol–water partition coefficient (Wildman–Crippen LogP) is 2.72. The molecule has 1 aromatic carbocycles. The van der Waals surface area contributed by atoms with Crippen molar-refractivity contribution in [3.05, 3.63) is 28.8 Å². The normalized spacial score (nSPS) is 14.0. The molecule has 0 aliphatic rings. The fraction of sp³-hybridized carbons (Fsp3) is 0.571. The number of halogens is 1. The lowest BCUT2D eigenvalue weighted by Crippen LogP contribution is -2.38. The number of hydrogen-bond donors (Lipinski definition) is 1. The Hall–Kier alpha value is -0.620. The molecule has 0 bridgehead atoms. The van der Waals surface area contributed by atoms with E-state index < -0.39 is 10.0 Å². The maximum Gasteiger partial charge on any atom is 0.243 e. The first kappa shape index (κ1) is 17.4. The minimum absolute atomic E-state index is 0.0734. The lowest BCUT2D eigenvalue weighted by atomic mass is 10.1. The summed E-state index contributed by atoms with van der Waals surface area (Å²) in [5, 5.41) is 3.46. The van der Waals surface area contributed by atoms with Crippen molar-refractivity contribution in [1.82, 2.24) is 9.62 Å².